The minimum atomic E-state index is -0.723. The molecule has 3 nitrogen and oxygen atoms in total. The van der Waals surface area contributed by atoms with Crippen LogP contribution in [0.15, 0.2) is 42.5 Å². The molecule has 1 amide bonds. The molecule has 0 aromatic heterocycles. The quantitative estimate of drug-likeness (QED) is 0.849. The van der Waals surface area contributed by atoms with Crippen LogP contribution in [0.25, 0.3) is 0 Å². The summed E-state index contributed by atoms with van der Waals surface area (Å²) in [6.07, 6.45) is 0.843. The van der Waals surface area contributed by atoms with Crippen LogP contribution in [-0.2, 0) is 6.54 Å². The van der Waals surface area contributed by atoms with Gasteiger partial charge < -0.3 is 4.90 Å². The highest BCUT2D eigenvalue weighted by molar-refractivity contribution is 5.94. The topological polar surface area (TPSA) is 23.6 Å². The Hall–Kier alpha value is -2.27. The maximum atomic E-state index is 13.3. The number of rotatable bonds is 3. The predicted molar refractivity (Wildman–Crippen MR) is 93.3 cm³/mol. The van der Waals surface area contributed by atoms with Crippen molar-refractivity contribution >= 4 is 5.91 Å². The zero-order valence-electron chi connectivity index (χ0n) is 14.3. The van der Waals surface area contributed by atoms with Crippen molar-refractivity contribution in [1.29, 1.82) is 0 Å². The van der Waals surface area contributed by atoms with Crippen molar-refractivity contribution < 1.29 is 13.6 Å². The lowest BCUT2D eigenvalue weighted by atomic mass is 10.1. The smallest absolute Gasteiger partial charge is 0.254 e. The van der Waals surface area contributed by atoms with Crippen molar-refractivity contribution in [1.82, 2.24) is 9.80 Å². The van der Waals surface area contributed by atoms with Crippen molar-refractivity contribution in [3.8, 4) is 0 Å². The highest BCUT2D eigenvalue weighted by Gasteiger charge is 2.21. The summed E-state index contributed by atoms with van der Waals surface area (Å²) in [6.45, 7) is 5.71. The number of halogens is 2. The van der Waals surface area contributed by atoms with Gasteiger partial charge in [-0.1, -0.05) is 29.8 Å². The Labute approximate surface area is 146 Å². The van der Waals surface area contributed by atoms with Crippen LogP contribution in [0.2, 0.25) is 0 Å². The van der Waals surface area contributed by atoms with Gasteiger partial charge in [-0.15, -0.1) is 0 Å². The average molecular weight is 344 g/mol. The van der Waals surface area contributed by atoms with Crippen LogP contribution in [0.5, 0.6) is 0 Å². The molecule has 0 radical (unpaired) electrons. The van der Waals surface area contributed by atoms with E-state index in [0.717, 1.165) is 44.3 Å². The molecule has 5 heteroatoms. The highest BCUT2D eigenvalue weighted by Crippen LogP contribution is 2.14. The lowest BCUT2D eigenvalue weighted by Crippen LogP contribution is -2.35. The van der Waals surface area contributed by atoms with E-state index < -0.39 is 11.6 Å². The van der Waals surface area contributed by atoms with Gasteiger partial charge in [0.1, 0.15) is 11.6 Å². The van der Waals surface area contributed by atoms with E-state index in [1.165, 1.54) is 11.1 Å². The first-order chi connectivity index (χ1) is 12.0. The largest absolute Gasteiger partial charge is 0.337 e. The molecule has 0 atom stereocenters. The molecule has 1 heterocycles. The SMILES string of the molecule is Cc1ccc(CN2CCCN(C(=O)c3cc(F)cc(F)c3)CC2)cc1. The maximum Gasteiger partial charge on any atom is 0.254 e. The molecule has 0 saturated carbocycles. The Morgan fingerprint density at radius 3 is 2.32 bits per heavy atom. The van der Waals surface area contributed by atoms with Crippen LogP contribution < -0.4 is 0 Å². The van der Waals surface area contributed by atoms with Crippen LogP contribution in [0, 0.1) is 18.6 Å². The molecule has 0 aliphatic carbocycles. The van der Waals surface area contributed by atoms with Gasteiger partial charge in [-0.2, -0.15) is 0 Å². The Balaban J connectivity index is 1.62. The number of aryl methyl sites for hydroxylation is 1. The molecular weight excluding hydrogens is 322 g/mol. The molecule has 1 fully saturated rings. The van der Waals surface area contributed by atoms with E-state index in [0.29, 0.717) is 13.1 Å². The van der Waals surface area contributed by atoms with E-state index in [4.69, 9.17) is 0 Å². The van der Waals surface area contributed by atoms with Gasteiger partial charge >= 0.3 is 0 Å². The summed E-state index contributed by atoms with van der Waals surface area (Å²) in [6, 6.07) is 11.4. The number of carbonyl (C=O) groups is 1. The van der Waals surface area contributed by atoms with Crippen LogP contribution in [-0.4, -0.2) is 41.9 Å². The van der Waals surface area contributed by atoms with E-state index in [9.17, 15) is 13.6 Å². The summed E-state index contributed by atoms with van der Waals surface area (Å²) in [5.41, 5.74) is 2.56. The number of amides is 1. The molecular formula is C20H22F2N2O. The van der Waals surface area contributed by atoms with E-state index in [1.54, 1.807) is 4.90 Å². The number of benzene rings is 2. The van der Waals surface area contributed by atoms with Gasteiger partial charge in [0.2, 0.25) is 0 Å². The summed E-state index contributed by atoms with van der Waals surface area (Å²) in [5, 5.41) is 0. The molecule has 1 aliphatic rings. The highest BCUT2D eigenvalue weighted by atomic mass is 19.1. The number of nitrogens with zero attached hydrogens (tertiary/aromatic N) is 2. The monoisotopic (exact) mass is 344 g/mol. The summed E-state index contributed by atoms with van der Waals surface area (Å²) < 4.78 is 26.7. The third kappa shape index (κ3) is 4.63. The molecule has 1 saturated heterocycles. The Morgan fingerprint density at radius 2 is 1.64 bits per heavy atom. The molecule has 2 aromatic carbocycles. The van der Waals surface area contributed by atoms with Crippen LogP contribution in [0.4, 0.5) is 8.78 Å². The van der Waals surface area contributed by atoms with Crippen LogP contribution in [0.3, 0.4) is 0 Å². The zero-order valence-corrected chi connectivity index (χ0v) is 14.3. The second-order valence-electron chi connectivity index (χ2n) is 6.57. The molecule has 3 rings (SSSR count). The standard InChI is InChI=1S/C20H22F2N2O/c1-15-3-5-16(6-4-15)14-23-7-2-8-24(10-9-23)20(25)17-11-18(21)13-19(22)12-17/h3-6,11-13H,2,7-10,14H2,1H3. The molecule has 0 bridgehead atoms. The molecule has 0 spiro atoms. The minimum Gasteiger partial charge on any atom is -0.337 e. The number of hydrogen-bond donors (Lipinski definition) is 0. The second-order valence-corrected chi connectivity index (χ2v) is 6.57. The van der Waals surface area contributed by atoms with Gasteiger partial charge in [0, 0.05) is 44.4 Å². The van der Waals surface area contributed by atoms with Crippen LogP contribution >= 0.6 is 0 Å². The summed E-state index contributed by atoms with van der Waals surface area (Å²) >= 11 is 0. The van der Waals surface area contributed by atoms with E-state index >= 15 is 0 Å². The molecule has 2 aromatic rings. The third-order valence-corrected chi connectivity index (χ3v) is 4.51. The first kappa shape index (κ1) is 17.5. The van der Waals surface area contributed by atoms with Gasteiger partial charge in [0.05, 0.1) is 0 Å². The normalized spacial score (nSPS) is 15.9. The third-order valence-electron chi connectivity index (χ3n) is 4.51. The summed E-state index contributed by atoms with van der Waals surface area (Å²) in [7, 11) is 0. The molecule has 0 N–H and O–H groups in total. The molecule has 132 valence electrons. The Bertz CT molecular complexity index is 726. The first-order valence-electron chi connectivity index (χ1n) is 8.54. The summed E-state index contributed by atoms with van der Waals surface area (Å²) in [4.78, 5) is 16.5. The average Bonchev–Trinajstić information content (AvgIpc) is 2.81. The van der Waals surface area contributed by atoms with E-state index in [1.807, 2.05) is 0 Å². The fraction of sp³-hybridized carbons (Fsp3) is 0.350. The maximum absolute atomic E-state index is 13.3. The fourth-order valence-corrected chi connectivity index (χ4v) is 3.14. The number of carbonyl (C=O) groups excluding carboxylic acids is 1. The lowest BCUT2D eigenvalue weighted by Gasteiger charge is -2.22. The molecule has 25 heavy (non-hydrogen) atoms. The van der Waals surface area contributed by atoms with Crippen molar-refractivity contribution in [2.75, 3.05) is 26.2 Å². The zero-order chi connectivity index (χ0) is 17.8. The lowest BCUT2D eigenvalue weighted by molar-refractivity contribution is 0.0760. The van der Waals surface area contributed by atoms with Crippen LogP contribution in [0.1, 0.15) is 27.9 Å². The fourth-order valence-electron chi connectivity index (χ4n) is 3.14. The second kappa shape index (κ2) is 7.74. The molecule has 1 aliphatic heterocycles. The predicted octanol–water partition coefficient (Wildman–Crippen LogP) is 3.62. The van der Waals surface area contributed by atoms with Gasteiger partial charge in [0.15, 0.2) is 0 Å². The van der Waals surface area contributed by atoms with Crippen molar-refractivity contribution in [3.05, 3.63) is 70.8 Å². The molecule has 0 unspecified atom stereocenters. The Morgan fingerprint density at radius 1 is 0.960 bits per heavy atom. The van der Waals surface area contributed by atoms with Crippen molar-refractivity contribution in [2.45, 2.75) is 19.9 Å². The van der Waals surface area contributed by atoms with E-state index in [2.05, 4.69) is 36.1 Å². The Kier molecular flexibility index (Phi) is 5.43. The van der Waals surface area contributed by atoms with Gasteiger partial charge in [-0.3, -0.25) is 9.69 Å². The van der Waals surface area contributed by atoms with Gasteiger partial charge in [-0.25, -0.2) is 8.78 Å². The van der Waals surface area contributed by atoms with Crippen molar-refractivity contribution in [2.24, 2.45) is 0 Å². The van der Waals surface area contributed by atoms with E-state index in [-0.39, 0.29) is 11.5 Å². The number of hydrogen-bond acceptors (Lipinski definition) is 2. The van der Waals surface area contributed by atoms with Gasteiger partial charge in [0.25, 0.3) is 5.91 Å². The van der Waals surface area contributed by atoms with Crippen molar-refractivity contribution in [3.63, 3.8) is 0 Å². The van der Waals surface area contributed by atoms with Gasteiger partial charge in [-0.05, 0) is 31.0 Å². The minimum absolute atomic E-state index is 0.0736. The first-order valence-corrected chi connectivity index (χ1v) is 8.54. The summed E-state index contributed by atoms with van der Waals surface area (Å²) in [5.74, 6) is -1.76.